The molecule has 16 heavy (non-hydrogen) atoms. The monoisotopic (exact) mass is 220 g/mol. The van der Waals surface area contributed by atoms with Crippen LogP contribution in [0.15, 0.2) is 12.3 Å². The van der Waals surface area contributed by atoms with Gasteiger partial charge in [0.15, 0.2) is 0 Å². The van der Waals surface area contributed by atoms with Gasteiger partial charge in [-0.3, -0.25) is 4.68 Å². The van der Waals surface area contributed by atoms with E-state index in [4.69, 9.17) is 0 Å². The van der Waals surface area contributed by atoms with Crippen molar-refractivity contribution in [1.82, 2.24) is 9.78 Å². The van der Waals surface area contributed by atoms with E-state index in [0.29, 0.717) is 0 Å². The SMILES string of the molecule is CC=C(CCCCC)c1cnn(CC)c1C. The summed E-state index contributed by atoms with van der Waals surface area (Å²) in [4.78, 5) is 0. The number of hydrogen-bond acceptors (Lipinski definition) is 1. The molecule has 0 saturated carbocycles. The molecule has 0 aromatic carbocycles. The molecule has 1 heterocycles. The number of aryl methyl sites for hydroxylation is 1. The lowest BCUT2D eigenvalue weighted by atomic mass is 10.0. The lowest BCUT2D eigenvalue weighted by Crippen LogP contribution is -1.99. The Labute approximate surface area is 99.4 Å². The van der Waals surface area contributed by atoms with Gasteiger partial charge in [0.2, 0.25) is 0 Å². The zero-order valence-corrected chi connectivity index (χ0v) is 11.1. The van der Waals surface area contributed by atoms with Gasteiger partial charge in [0.25, 0.3) is 0 Å². The van der Waals surface area contributed by atoms with E-state index in [1.165, 1.54) is 42.5 Å². The van der Waals surface area contributed by atoms with Crippen molar-refractivity contribution in [1.29, 1.82) is 0 Å². The van der Waals surface area contributed by atoms with E-state index < -0.39 is 0 Å². The van der Waals surface area contributed by atoms with Crippen LogP contribution in [-0.4, -0.2) is 9.78 Å². The second-order valence-corrected chi connectivity index (χ2v) is 4.23. The summed E-state index contributed by atoms with van der Waals surface area (Å²) in [5.74, 6) is 0. The van der Waals surface area contributed by atoms with Gasteiger partial charge in [0.05, 0.1) is 6.20 Å². The van der Waals surface area contributed by atoms with Crippen LogP contribution >= 0.6 is 0 Å². The van der Waals surface area contributed by atoms with Crippen LogP contribution in [0, 0.1) is 6.92 Å². The molecular formula is C14H24N2. The summed E-state index contributed by atoms with van der Waals surface area (Å²) in [5.41, 5.74) is 4.08. The van der Waals surface area contributed by atoms with Crippen molar-refractivity contribution in [3.8, 4) is 0 Å². The third-order valence-electron chi connectivity index (χ3n) is 3.15. The molecule has 90 valence electrons. The van der Waals surface area contributed by atoms with Crippen molar-refractivity contribution in [2.24, 2.45) is 0 Å². The molecule has 0 unspecified atom stereocenters. The van der Waals surface area contributed by atoms with Gasteiger partial charge >= 0.3 is 0 Å². The molecule has 0 spiro atoms. The fourth-order valence-corrected chi connectivity index (χ4v) is 2.08. The first-order valence-electron chi connectivity index (χ1n) is 6.42. The molecular weight excluding hydrogens is 196 g/mol. The Morgan fingerprint density at radius 2 is 2.12 bits per heavy atom. The van der Waals surface area contributed by atoms with E-state index in [2.05, 4.69) is 43.6 Å². The fourth-order valence-electron chi connectivity index (χ4n) is 2.08. The largest absolute Gasteiger partial charge is 0.270 e. The van der Waals surface area contributed by atoms with E-state index in [1.54, 1.807) is 0 Å². The highest BCUT2D eigenvalue weighted by atomic mass is 15.3. The molecule has 2 nitrogen and oxygen atoms in total. The van der Waals surface area contributed by atoms with E-state index in [-0.39, 0.29) is 0 Å². The van der Waals surface area contributed by atoms with Crippen LogP contribution in [0.3, 0.4) is 0 Å². The molecule has 0 bridgehead atoms. The van der Waals surface area contributed by atoms with Gasteiger partial charge in [-0.05, 0) is 39.2 Å². The third-order valence-corrected chi connectivity index (χ3v) is 3.15. The molecule has 0 amide bonds. The normalized spacial score (nSPS) is 12.1. The molecule has 0 radical (unpaired) electrons. The molecule has 0 N–H and O–H groups in total. The van der Waals surface area contributed by atoms with E-state index >= 15 is 0 Å². The molecule has 0 fully saturated rings. The van der Waals surface area contributed by atoms with Gasteiger partial charge in [-0.2, -0.15) is 5.10 Å². The number of aromatic nitrogens is 2. The lowest BCUT2D eigenvalue weighted by Gasteiger charge is -2.07. The minimum atomic E-state index is 0.956. The van der Waals surface area contributed by atoms with Crippen molar-refractivity contribution < 1.29 is 0 Å². The minimum Gasteiger partial charge on any atom is -0.270 e. The fraction of sp³-hybridized carbons (Fsp3) is 0.643. The summed E-state index contributed by atoms with van der Waals surface area (Å²) in [6.45, 7) is 9.63. The van der Waals surface area contributed by atoms with Crippen LogP contribution in [0.1, 0.15) is 57.7 Å². The summed E-state index contributed by atoms with van der Waals surface area (Å²) in [6, 6.07) is 0. The highest BCUT2D eigenvalue weighted by Crippen LogP contribution is 2.23. The summed E-state index contributed by atoms with van der Waals surface area (Å²) in [7, 11) is 0. The Morgan fingerprint density at radius 3 is 2.62 bits per heavy atom. The second-order valence-electron chi connectivity index (χ2n) is 4.23. The van der Waals surface area contributed by atoms with E-state index in [1.807, 2.05) is 6.20 Å². The number of unbranched alkanes of at least 4 members (excludes halogenated alkanes) is 2. The Hall–Kier alpha value is -1.05. The molecule has 0 aliphatic rings. The number of rotatable bonds is 6. The van der Waals surface area contributed by atoms with Crippen LogP contribution in [0.2, 0.25) is 0 Å². The predicted molar refractivity (Wildman–Crippen MR) is 70.4 cm³/mol. The maximum absolute atomic E-state index is 4.41. The summed E-state index contributed by atoms with van der Waals surface area (Å²) < 4.78 is 2.07. The van der Waals surface area contributed by atoms with Crippen molar-refractivity contribution in [2.45, 2.75) is 59.9 Å². The van der Waals surface area contributed by atoms with Crippen LogP contribution in [0.5, 0.6) is 0 Å². The van der Waals surface area contributed by atoms with Crippen LogP contribution < -0.4 is 0 Å². The zero-order valence-electron chi connectivity index (χ0n) is 11.1. The number of hydrogen-bond donors (Lipinski definition) is 0. The smallest absolute Gasteiger partial charge is 0.0567 e. The molecule has 0 atom stereocenters. The lowest BCUT2D eigenvalue weighted by molar-refractivity contribution is 0.639. The average Bonchev–Trinajstić information content (AvgIpc) is 2.66. The molecule has 0 aliphatic heterocycles. The quantitative estimate of drug-likeness (QED) is 0.657. The molecule has 2 heteroatoms. The topological polar surface area (TPSA) is 17.8 Å². The van der Waals surface area contributed by atoms with Crippen molar-refractivity contribution in [3.05, 3.63) is 23.5 Å². The molecule has 0 aliphatic carbocycles. The first-order valence-corrected chi connectivity index (χ1v) is 6.42. The zero-order chi connectivity index (χ0) is 12.0. The Kier molecular flexibility index (Phi) is 5.30. The average molecular weight is 220 g/mol. The van der Waals surface area contributed by atoms with Crippen LogP contribution in [-0.2, 0) is 6.54 Å². The van der Waals surface area contributed by atoms with E-state index in [0.717, 1.165) is 6.54 Å². The van der Waals surface area contributed by atoms with Gasteiger partial charge in [-0.15, -0.1) is 0 Å². The van der Waals surface area contributed by atoms with E-state index in [9.17, 15) is 0 Å². The van der Waals surface area contributed by atoms with Crippen molar-refractivity contribution >= 4 is 5.57 Å². The highest BCUT2D eigenvalue weighted by Gasteiger charge is 2.08. The minimum absolute atomic E-state index is 0.956. The van der Waals surface area contributed by atoms with Crippen LogP contribution in [0.4, 0.5) is 0 Å². The van der Waals surface area contributed by atoms with Crippen LogP contribution in [0.25, 0.3) is 5.57 Å². The predicted octanol–water partition coefficient (Wildman–Crippen LogP) is 4.20. The number of allylic oxidation sites excluding steroid dienone is 2. The summed E-state index contributed by atoms with van der Waals surface area (Å²) in [5, 5.41) is 4.41. The molecule has 1 aromatic heterocycles. The van der Waals surface area contributed by atoms with Gasteiger partial charge in [0, 0.05) is 17.8 Å². The van der Waals surface area contributed by atoms with Crippen molar-refractivity contribution in [3.63, 3.8) is 0 Å². The maximum atomic E-state index is 4.41. The number of nitrogens with zero attached hydrogens (tertiary/aromatic N) is 2. The van der Waals surface area contributed by atoms with Gasteiger partial charge in [-0.25, -0.2) is 0 Å². The first kappa shape index (κ1) is 13.0. The Bertz CT molecular complexity index is 348. The summed E-state index contributed by atoms with van der Waals surface area (Å²) >= 11 is 0. The Balaban J connectivity index is 2.76. The molecule has 1 aromatic rings. The summed E-state index contributed by atoms with van der Waals surface area (Å²) in [6.07, 6.45) is 9.32. The van der Waals surface area contributed by atoms with Gasteiger partial charge in [0.1, 0.15) is 0 Å². The standard InChI is InChI=1S/C14H24N2/c1-5-8-9-10-13(6-2)14-11-15-16(7-3)12(14)4/h6,11H,5,7-10H2,1-4H3. The van der Waals surface area contributed by atoms with Crippen molar-refractivity contribution in [2.75, 3.05) is 0 Å². The maximum Gasteiger partial charge on any atom is 0.0567 e. The third kappa shape index (κ3) is 2.97. The Morgan fingerprint density at radius 1 is 1.38 bits per heavy atom. The second kappa shape index (κ2) is 6.51. The molecule has 0 saturated heterocycles. The van der Waals surface area contributed by atoms with Gasteiger partial charge in [-0.1, -0.05) is 25.8 Å². The highest BCUT2D eigenvalue weighted by molar-refractivity contribution is 5.66. The van der Waals surface area contributed by atoms with Gasteiger partial charge < -0.3 is 0 Å². The molecule has 1 rings (SSSR count). The first-order chi connectivity index (χ1) is 7.74.